The molecule has 1 atom stereocenters. The standard InChI is InChI=1S/C11H14N4S/c1-6-3-8-7(5-15(2)14-8)10-9(4-6)16-11(12)13-10/h5-6H,3-4H2,1-2H3,(H2,12,13). The maximum Gasteiger partial charge on any atom is 0.180 e. The Bertz CT molecular complexity index is 492. The Morgan fingerprint density at radius 1 is 1.50 bits per heavy atom. The minimum Gasteiger partial charge on any atom is -0.375 e. The van der Waals surface area contributed by atoms with Crippen molar-refractivity contribution >= 4 is 16.5 Å². The number of nitrogen functional groups attached to an aromatic ring is 1. The molecule has 2 aromatic heterocycles. The highest BCUT2D eigenvalue weighted by atomic mass is 32.1. The molecular weight excluding hydrogens is 220 g/mol. The molecule has 0 bridgehead atoms. The van der Waals surface area contributed by atoms with Crippen LogP contribution in [0, 0.1) is 5.92 Å². The van der Waals surface area contributed by atoms with Crippen LogP contribution in [0.2, 0.25) is 0 Å². The number of aromatic nitrogens is 3. The van der Waals surface area contributed by atoms with Gasteiger partial charge in [0.1, 0.15) is 0 Å². The largest absolute Gasteiger partial charge is 0.375 e. The highest BCUT2D eigenvalue weighted by molar-refractivity contribution is 7.15. The van der Waals surface area contributed by atoms with Gasteiger partial charge in [0.2, 0.25) is 0 Å². The quantitative estimate of drug-likeness (QED) is 0.757. The minimum atomic E-state index is 0.606. The zero-order valence-electron chi connectivity index (χ0n) is 9.40. The number of nitrogens with two attached hydrogens (primary N) is 1. The summed E-state index contributed by atoms with van der Waals surface area (Å²) in [6.07, 6.45) is 4.13. The number of anilines is 1. The van der Waals surface area contributed by atoms with Crippen LogP contribution in [0.1, 0.15) is 17.5 Å². The molecular formula is C11H14N4S. The first-order valence-electron chi connectivity index (χ1n) is 5.41. The lowest BCUT2D eigenvalue weighted by Crippen LogP contribution is -2.02. The Balaban J connectivity index is 2.24. The van der Waals surface area contributed by atoms with E-state index in [4.69, 9.17) is 5.73 Å². The van der Waals surface area contributed by atoms with Crippen molar-refractivity contribution in [1.82, 2.24) is 14.8 Å². The van der Waals surface area contributed by atoms with E-state index < -0.39 is 0 Å². The van der Waals surface area contributed by atoms with Gasteiger partial charge in [-0.1, -0.05) is 6.92 Å². The van der Waals surface area contributed by atoms with E-state index in [9.17, 15) is 0 Å². The van der Waals surface area contributed by atoms with Crippen molar-refractivity contribution < 1.29 is 0 Å². The van der Waals surface area contributed by atoms with Crippen LogP contribution in [0.5, 0.6) is 0 Å². The summed E-state index contributed by atoms with van der Waals surface area (Å²) in [5.41, 5.74) is 9.16. The normalized spacial score (nSPS) is 19.0. The molecule has 0 aliphatic heterocycles. The minimum absolute atomic E-state index is 0.606. The van der Waals surface area contributed by atoms with Crippen molar-refractivity contribution in [2.45, 2.75) is 19.8 Å². The third kappa shape index (κ3) is 1.43. The van der Waals surface area contributed by atoms with E-state index in [-0.39, 0.29) is 0 Å². The number of fused-ring (bicyclic) bond motifs is 3. The Hall–Kier alpha value is -1.36. The summed E-state index contributed by atoms with van der Waals surface area (Å²) in [6, 6.07) is 0. The highest BCUT2D eigenvalue weighted by Gasteiger charge is 2.24. The number of thiazole rings is 1. The Labute approximate surface area is 98.1 Å². The summed E-state index contributed by atoms with van der Waals surface area (Å²) in [4.78, 5) is 5.75. The molecule has 1 aliphatic rings. The first-order chi connectivity index (χ1) is 7.63. The van der Waals surface area contributed by atoms with E-state index in [1.165, 1.54) is 4.88 Å². The zero-order valence-corrected chi connectivity index (χ0v) is 10.2. The smallest absolute Gasteiger partial charge is 0.180 e. The molecule has 3 rings (SSSR count). The Kier molecular flexibility index (Phi) is 2.04. The predicted octanol–water partition coefficient (Wildman–Crippen LogP) is 1.86. The first-order valence-corrected chi connectivity index (χ1v) is 6.23. The lowest BCUT2D eigenvalue weighted by atomic mass is 10.0. The molecule has 0 amide bonds. The van der Waals surface area contributed by atoms with Crippen LogP contribution in [-0.4, -0.2) is 14.8 Å². The second-order valence-corrected chi connectivity index (χ2v) is 5.62. The number of rotatable bonds is 0. The number of aryl methyl sites for hydroxylation is 1. The van der Waals surface area contributed by atoms with E-state index >= 15 is 0 Å². The van der Waals surface area contributed by atoms with Gasteiger partial charge in [0.25, 0.3) is 0 Å². The lowest BCUT2D eigenvalue weighted by molar-refractivity contribution is 0.571. The molecule has 5 heteroatoms. The molecule has 0 radical (unpaired) electrons. The fourth-order valence-corrected chi connectivity index (χ4v) is 3.33. The predicted molar refractivity (Wildman–Crippen MR) is 65.3 cm³/mol. The van der Waals surface area contributed by atoms with E-state index in [0.29, 0.717) is 11.0 Å². The molecule has 0 saturated carbocycles. The van der Waals surface area contributed by atoms with E-state index in [2.05, 4.69) is 17.0 Å². The summed E-state index contributed by atoms with van der Waals surface area (Å²) >= 11 is 1.61. The van der Waals surface area contributed by atoms with Gasteiger partial charge in [0.05, 0.1) is 11.4 Å². The summed E-state index contributed by atoms with van der Waals surface area (Å²) in [6.45, 7) is 2.25. The van der Waals surface area contributed by atoms with Crippen LogP contribution in [0.25, 0.3) is 11.3 Å². The fraction of sp³-hybridized carbons (Fsp3) is 0.455. The third-order valence-electron chi connectivity index (χ3n) is 2.95. The third-order valence-corrected chi connectivity index (χ3v) is 3.86. The van der Waals surface area contributed by atoms with Crippen LogP contribution in [0.3, 0.4) is 0 Å². The molecule has 0 fully saturated rings. The van der Waals surface area contributed by atoms with Crippen LogP contribution in [0.15, 0.2) is 6.20 Å². The second kappa shape index (κ2) is 3.31. The Morgan fingerprint density at radius 3 is 3.12 bits per heavy atom. The van der Waals surface area contributed by atoms with Gasteiger partial charge in [-0.15, -0.1) is 11.3 Å². The van der Waals surface area contributed by atoms with Gasteiger partial charge < -0.3 is 5.73 Å². The number of hydrogen-bond donors (Lipinski definition) is 1. The highest BCUT2D eigenvalue weighted by Crippen LogP contribution is 2.37. The molecule has 1 unspecified atom stereocenters. The molecule has 2 heterocycles. The molecule has 4 nitrogen and oxygen atoms in total. The van der Waals surface area contributed by atoms with Gasteiger partial charge in [-0.2, -0.15) is 5.10 Å². The second-order valence-electron chi connectivity index (χ2n) is 4.50. The van der Waals surface area contributed by atoms with Gasteiger partial charge >= 0.3 is 0 Å². The SMILES string of the molecule is CC1Cc2nn(C)cc2-c2nc(N)sc2C1. The molecule has 1 aliphatic carbocycles. The summed E-state index contributed by atoms with van der Waals surface area (Å²) < 4.78 is 1.86. The van der Waals surface area contributed by atoms with Gasteiger partial charge in [0, 0.05) is 23.7 Å². The van der Waals surface area contributed by atoms with Crippen molar-refractivity contribution in [3.8, 4) is 11.3 Å². The number of hydrogen-bond acceptors (Lipinski definition) is 4. The zero-order chi connectivity index (χ0) is 11.3. The molecule has 0 saturated heterocycles. The molecule has 0 spiro atoms. The van der Waals surface area contributed by atoms with E-state index in [1.54, 1.807) is 11.3 Å². The van der Waals surface area contributed by atoms with Crippen molar-refractivity contribution in [1.29, 1.82) is 0 Å². The molecule has 0 aromatic carbocycles. The van der Waals surface area contributed by atoms with Crippen LogP contribution < -0.4 is 5.73 Å². The lowest BCUT2D eigenvalue weighted by Gasteiger charge is -2.04. The maximum absolute atomic E-state index is 5.80. The van der Waals surface area contributed by atoms with Crippen LogP contribution >= 0.6 is 11.3 Å². The van der Waals surface area contributed by atoms with E-state index in [1.807, 2.05) is 17.9 Å². The van der Waals surface area contributed by atoms with Crippen molar-refractivity contribution in [2.24, 2.45) is 13.0 Å². The van der Waals surface area contributed by atoms with Crippen LogP contribution in [0.4, 0.5) is 5.13 Å². The summed E-state index contributed by atoms with van der Waals surface area (Å²) in [5.74, 6) is 0.606. The van der Waals surface area contributed by atoms with Gasteiger partial charge in [-0.05, 0) is 18.8 Å². The van der Waals surface area contributed by atoms with Gasteiger partial charge in [0.15, 0.2) is 5.13 Å². The van der Waals surface area contributed by atoms with Crippen molar-refractivity contribution in [2.75, 3.05) is 5.73 Å². The van der Waals surface area contributed by atoms with Gasteiger partial charge in [-0.25, -0.2) is 4.98 Å². The topological polar surface area (TPSA) is 56.7 Å². The Morgan fingerprint density at radius 2 is 2.31 bits per heavy atom. The average Bonchev–Trinajstić information content (AvgIpc) is 2.67. The molecule has 16 heavy (non-hydrogen) atoms. The molecule has 2 aromatic rings. The summed E-state index contributed by atoms with van der Waals surface area (Å²) in [7, 11) is 1.95. The number of nitrogens with zero attached hydrogens (tertiary/aromatic N) is 3. The van der Waals surface area contributed by atoms with Gasteiger partial charge in [-0.3, -0.25) is 4.68 Å². The van der Waals surface area contributed by atoms with Crippen molar-refractivity contribution in [3.63, 3.8) is 0 Å². The van der Waals surface area contributed by atoms with Crippen molar-refractivity contribution in [3.05, 3.63) is 16.8 Å². The maximum atomic E-state index is 5.80. The summed E-state index contributed by atoms with van der Waals surface area (Å²) in [5, 5.41) is 5.17. The molecule has 84 valence electrons. The van der Waals surface area contributed by atoms with Crippen LogP contribution in [-0.2, 0) is 19.9 Å². The van der Waals surface area contributed by atoms with E-state index in [0.717, 1.165) is 29.8 Å². The molecule has 2 N–H and O–H groups in total. The fourth-order valence-electron chi connectivity index (χ4n) is 2.32. The first kappa shape index (κ1) is 9.84. The monoisotopic (exact) mass is 234 g/mol. The average molecular weight is 234 g/mol.